The summed E-state index contributed by atoms with van der Waals surface area (Å²) in [5.74, 6) is 0.862. The summed E-state index contributed by atoms with van der Waals surface area (Å²) < 4.78 is 0. The number of benzene rings is 2. The maximum Gasteiger partial charge on any atom is 0.226 e. The number of nitrogens with zero attached hydrogens (tertiary/aromatic N) is 2. The minimum absolute atomic E-state index is 0.0773. The van der Waals surface area contributed by atoms with Gasteiger partial charge in [-0.1, -0.05) is 66.5 Å². The van der Waals surface area contributed by atoms with Crippen molar-refractivity contribution in [1.82, 2.24) is 9.88 Å². The van der Waals surface area contributed by atoms with E-state index in [1.54, 1.807) is 0 Å². The standard InChI is InChI=1S/C21H23ClN2O.C6H5Cl/c1-14-5-12-19(15-8-10-17(22)11-9-15)24(21(14)25)20(16-6-7-16)18-4-2-3-13-23-18;7-6-4-2-1-3-5-6/h2-4,8-11,13-14,16,19-20H,5-7,12H2,1H3;1-5H/t14?,19-,20?;/m0./s1. The third-order valence-corrected chi connectivity index (χ3v) is 6.74. The molecule has 2 aliphatic rings. The largest absolute Gasteiger partial charge is 0.327 e. The van der Waals surface area contributed by atoms with Gasteiger partial charge in [-0.05, 0) is 73.6 Å². The third kappa shape index (κ3) is 5.51. The molecule has 0 N–H and O–H groups in total. The number of hydrogen-bond donors (Lipinski definition) is 0. The fourth-order valence-electron chi connectivity index (χ4n) is 4.41. The molecule has 166 valence electrons. The molecule has 3 atom stereocenters. The summed E-state index contributed by atoms with van der Waals surface area (Å²) in [5, 5.41) is 1.52. The van der Waals surface area contributed by atoms with E-state index in [0.717, 1.165) is 28.6 Å². The van der Waals surface area contributed by atoms with Crippen molar-refractivity contribution in [3.05, 3.63) is 100 Å². The Morgan fingerprint density at radius 1 is 0.844 bits per heavy atom. The fraction of sp³-hybridized carbons (Fsp3) is 0.333. The number of rotatable bonds is 4. The molecule has 1 amide bonds. The van der Waals surface area contributed by atoms with Gasteiger partial charge in [0.2, 0.25) is 5.91 Å². The van der Waals surface area contributed by atoms with Crippen LogP contribution < -0.4 is 0 Å². The number of likely N-dealkylation sites (tertiary alicyclic amines) is 1. The first kappa shape index (κ1) is 22.8. The second-order valence-electron chi connectivity index (χ2n) is 8.62. The lowest BCUT2D eigenvalue weighted by atomic mass is 9.86. The van der Waals surface area contributed by atoms with E-state index in [2.05, 4.69) is 35.0 Å². The Morgan fingerprint density at radius 3 is 2.06 bits per heavy atom. The number of aromatic nitrogens is 1. The summed E-state index contributed by atoms with van der Waals surface area (Å²) in [6.45, 7) is 2.05. The zero-order chi connectivity index (χ0) is 22.5. The normalized spacial score (nSPS) is 21.5. The summed E-state index contributed by atoms with van der Waals surface area (Å²) >= 11 is 11.6. The molecule has 2 fully saturated rings. The van der Waals surface area contributed by atoms with Gasteiger partial charge in [0.25, 0.3) is 0 Å². The molecule has 3 nitrogen and oxygen atoms in total. The van der Waals surface area contributed by atoms with E-state index in [9.17, 15) is 4.79 Å². The van der Waals surface area contributed by atoms with Gasteiger partial charge in [0.15, 0.2) is 0 Å². The molecular weight excluding hydrogens is 439 g/mol. The number of halogens is 2. The van der Waals surface area contributed by atoms with Crippen molar-refractivity contribution in [3.63, 3.8) is 0 Å². The van der Waals surface area contributed by atoms with E-state index in [-0.39, 0.29) is 23.9 Å². The van der Waals surface area contributed by atoms with Crippen LogP contribution in [0.4, 0.5) is 0 Å². The quantitative estimate of drug-likeness (QED) is 0.397. The molecule has 1 saturated carbocycles. The molecule has 1 saturated heterocycles. The van der Waals surface area contributed by atoms with Crippen LogP contribution >= 0.6 is 23.2 Å². The number of amides is 1. The van der Waals surface area contributed by atoms with Gasteiger partial charge in [-0.3, -0.25) is 9.78 Å². The van der Waals surface area contributed by atoms with E-state index < -0.39 is 0 Å². The molecule has 2 aromatic carbocycles. The predicted octanol–water partition coefficient (Wildman–Crippen LogP) is 7.53. The van der Waals surface area contributed by atoms with Crippen molar-refractivity contribution < 1.29 is 4.79 Å². The zero-order valence-electron chi connectivity index (χ0n) is 18.2. The molecule has 1 aliphatic carbocycles. The van der Waals surface area contributed by atoms with E-state index in [4.69, 9.17) is 23.2 Å². The highest BCUT2D eigenvalue weighted by Crippen LogP contribution is 2.49. The average molecular weight is 467 g/mol. The van der Waals surface area contributed by atoms with Crippen LogP contribution in [0, 0.1) is 11.8 Å². The number of piperidine rings is 1. The van der Waals surface area contributed by atoms with Crippen LogP contribution in [0.5, 0.6) is 0 Å². The lowest BCUT2D eigenvalue weighted by molar-refractivity contribution is -0.145. The Bertz CT molecular complexity index is 1010. The Labute approximate surface area is 200 Å². The van der Waals surface area contributed by atoms with Crippen molar-refractivity contribution in [1.29, 1.82) is 0 Å². The topological polar surface area (TPSA) is 33.2 Å². The summed E-state index contributed by atoms with van der Waals surface area (Å²) in [6, 6.07) is 23.6. The van der Waals surface area contributed by atoms with Crippen molar-refractivity contribution in [2.45, 2.75) is 44.7 Å². The van der Waals surface area contributed by atoms with Gasteiger partial charge in [0.05, 0.1) is 17.8 Å². The van der Waals surface area contributed by atoms with Crippen LogP contribution in [0.25, 0.3) is 0 Å². The molecule has 1 aliphatic heterocycles. The lowest BCUT2D eigenvalue weighted by Crippen LogP contribution is -2.45. The minimum Gasteiger partial charge on any atom is -0.327 e. The summed E-state index contributed by atoms with van der Waals surface area (Å²) in [7, 11) is 0. The Morgan fingerprint density at radius 2 is 1.50 bits per heavy atom. The van der Waals surface area contributed by atoms with E-state index >= 15 is 0 Å². The SMILES string of the molecule is CC1CC[C@@H](c2ccc(Cl)cc2)N(C(c2ccccn2)C2CC2)C1=O.Clc1ccccc1. The third-order valence-electron chi connectivity index (χ3n) is 6.23. The van der Waals surface area contributed by atoms with E-state index in [0.29, 0.717) is 5.92 Å². The number of hydrogen-bond acceptors (Lipinski definition) is 2. The van der Waals surface area contributed by atoms with Crippen LogP contribution in [0.2, 0.25) is 10.0 Å². The first-order valence-electron chi connectivity index (χ1n) is 11.2. The lowest BCUT2D eigenvalue weighted by Gasteiger charge is -2.43. The molecule has 0 radical (unpaired) electrons. The Balaban J connectivity index is 0.000000300. The monoisotopic (exact) mass is 466 g/mol. The van der Waals surface area contributed by atoms with Gasteiger partial charge < -0.3 is 4.90 Å². The van der Waals surface area contributed by atoms with Gasteiger partial charge in [-0.2, -0.15) is 0 Å². The second kappa shape index (κ2) is 10.5. The van der Waals surface area contributed by atoms with Gasteiger partial charge >= 0.3 is 0 Å². The van der Waals surface area contributed by atoms with E-state index in [1.807, 2.05) is 60.8 Å². The highest BCUT2D eigenvalue weighted by atomic mass is 35.5. The van der Waals surface area contributed by atoms with Gasteiger partial charge in [-0.25, -0.2) is 0 Å². The summed E-state index contributed by atoms with van der Waals surface area (Å²) in [6.07, 6.45) is 6.10. The smallest absolute Gasteiger partial charge is 0.226 e. The Hall–Kier alpha value is -2.36. The van der Waals surface area contributed by atoms with Gasteiger partial charge in [-0.15, -0.1) is 0 Å². The van der Waals surface area contributed by atoms with Crippen molar-refractivity contribution in [2.75, 3.05) is 0 Å². The first-order valence-corrected chi connectivity index (χ1v) is 12.0. The van der Waals surface area contributed by atoms with Crippen LogP contribution in [0.1, 0.15) is 55.9 Å². The van der Waals surface area contributed by atoms with Crippen molar-refractivity contribution >= 4 is 29.1 Å². The van der Waals surface area contributed by atoms with Gasteiger partial charge in [0, 0.05) is 22.2 Å². The zero-order valence-corrected chi connectivity index (χ0v) is 19.7. The molecule has 2 heterocycles. The van der Waals surface area contributed by atoms with E-state index in [1.165, 1.54) is 18.4 Å². The minimum atomic E-state index is 0.0773. The fourth-order valence-corrected chi connectivity index (χ4v) is 4.68. The highest BCUT2D eigenvalue weighted by Gasteiger charge is 2.45. The Kier molecular flexibility index (Phi) is 7.49. The highest BCUT2D eigenvalue weighted by molar-refractivity contribution is 6.30. The molecule has 2 unspecified atom stereocenters. The van der Waals surface area contributed by atoms with Crippen LogP contribution in [0.3, 0.4) is 0 Å². The maximum atomic E-state index is 13.2. The molecular formula is C27H28Cl2N2O. The predicted molar refractivity (Wildman–Crippen MR) is 131 cm³/mol. The summed E-state index contributed by atoms with van der Waals surface area (Å²) in [5.41, 5.74) is 2.19. The maximum absolute atomic E-state index is 13.2. The van der Waals surface area contributed by atoms with Crippen LogP contribution in [0.15, 0.2) is 79.0 Å². The first-order chi connectivity index (χ1) is 15.5. The molecule has 1 aromatic heterocycles. The molecule has 5 rings (SSSR count). The molecule has 0 spiro atoms. The van der Waals surface area contributed by atoms with Crippen LogP contribution in [-0.4, -0.2) is 15.8 Å². The van der Waals surface area contributed by atoms with Gasteiger partial charge in [0.1, 0.15) is 0 Å². The number of carbonyl (C=O) groups excluding carboxylic acids is 1. The van der Waals surface area contributed by atoms with Crippen molar-refractivity contribution in [3.8, 4) is 0 Å². The van der Waals surface area contributed by atoms with Crippen LogP contribution in [-0.2, 0) is 4.79 Å². The summed E-state index contributed by atoms with van der Waals surface area (Å²) in [4.78, 5) is 19.9. The second-order valence-corrected chi connectivity index (χ2v) is 9.50. The molecule has 32 heavy (non-hydrogen) atoms. The number of pyridine rings is 1. The average Bonchev–Trinajstić information content (AvgIpc) is 3.65. The molecule has 3 aromatic rings. The number of carbonyl (C=O) groups is 1. The molecule has 5 heteroatoms. The van der Waals surface area contributed by atoms with Crippen molar-refractivity contribution in [2.24, 2.45) is 11.8 Å². The molecule has 0 bridgehead atoms.